The highest BCUT2D eigenvalue weighted by Gasteiger charge is 2.61. The van der Waals surface area contributed by atoms with Crippen LogP contribution in [0.5, 0.6) is 0 Å². The van der Waals surface area contributed by atoms with Gasteiger partial charge in [-0.05, 0) is 85.9 Å². The van der Waals surface area contributed by atoms with Crippen LogP contribution in [-0.4, -0.2) is 26.3 Å². The van der Waals surface area contributed by atoms with Gasteiger partial charge in [-0.2, -0.15) is 0 Å². The molecule has 0 amide bonds. The van der Waals surface area contributed by atoms with Gasteiger partial charge in [-0.15, -0.1) is 0 Å². The molecule has 4 aliphatic rings. The predicted octanol–water partition coefficient (Wildman–Crippen LogP) is 4.16. The number of aliphatic hydroxyl groups excluding tert-OH is 2. The molecule has 0 aromatic heterocycles. The number of aliphatic hydroxyl groups is 2. The zero-order chi connectivity index (χ0) is 15.7. The predicted molar refractivity (Wildman–Crippen MR) is 96.9 cm³/mol. The highest BCUT2D eigenvalue weighted by atomic mass is 127. The number of hydrogen-bond acceptors (Lipinski definition) is 2. The van der Waals surface area contributed by atoms with E-state index in [-0.39, 0.29) is 17.6 Å². The monoisotopic (exact) mass is 418 g/mol. The molecular formula is C19H31IO2. The van der Waals surface area contributed by atoms with Crippen molar-refractivity contribution < 1.29 is 10.2 Å². The Hall–Kier alpha value is 0.650. The zero-order valence-corrected chi connectivity index (χ0v) is 16.1. The maximum absolute atomic E-state index is 10.7. The third kappa shape index (κ3) is 2.10. The van der Waals surface area contributed by atoms with E-state index in [1.165, 1.54) is 38.5 Å². The van der Waals surface area contributed by atoms with Crippen molar-refractivity contribution in [3.63, 3.8) is 0 Å². The van der Waals surface area contributed by atoms with E-state index in [0.717, 1.165) is 36.5 Å². The highest BCUT2D eigenvalue weighted by molar-refractivity contribution is 14.1. The molecule has 0 radical (unpaired) electrons. The summed E-state index contributed by atoms with van der Waals surface area (Å²) < 4.78 is 0.449. The normalized spacial score (nSPS) is 61.2. The first-order chi connectivity index (χ1) is 10.4. The fraction of sp³-hybridized carbons (Fsp3) is 1.00. The zero-order valence-electron chi connectivity index (χ0n) is 14.0. The molecular weight excluding hydrogens is 387 g/mol. The van der Waals surface area contributed by atoms with Gasteiger partial charge in [-0.25, -0.2) is 0 Å². The summed E-state index contributed by atoms with van der Waals surface area (Å²) in [6, 6.07) is 0. The number of rotatable bonds is 0. The minimum atomic E-state index is -0.0993. The molecule has 0 aliphatic heterocycles. The largest absolute Gasteiger partial charge is 0.393 e. The van der Waals surface area contributed by atoms with Crippen molar-refractivity contribution >= 4 is 22.6 Å². The van der Waals surface area contributed by atoms with E-state index in [4.69, 9.17) is 0 Å². The highest BCUT2D eigenvalue weighted by Crippen LogP contribution is 2.66. The molecule has 4 saturated carbocycles. The van der Waals surface area contributed by atoms with E-state index in [0.29, 0.717) is 9.34 Å². The summed E-state index contributed by atoms with van der Waals surface area (Å²) in [5.74, 6) is 3.13. The summed E-state index contributed by atoms with van der Waals surface area (Å²) in [4.78, 5) is 0. The Morgan fingerprint density at radius 2 is 1.59 bits per heavy atom. The van der Waals surface area contributed by atoms with Gasteiger partial charge in [0.2, 0.25) is 0 Å². The van der Waals surface area contributed by atoms with Gasteiger partial charge in [-0.3, -0.25) is 0 Å². The molecule has 0 bridgehead atoms. The first-order valence-corrected chi connectivity index (χ1v) is 10.6. The van der Waals surface area contributed by atoms with E-state index < -0.39 is 0 Å². The number of fused-ring (bicyclic) bond motifs is 5. The van der Waals surface area contributed by atoms with Gasteiger partial charge >= 0.3 is 0 Å². The molecule has 3 heteroatoms. The summed E-state index contributed by atoms with van der Waals surface area (Å²) in [6.07, 6.45) is 9.52. The quantitative estimate of drug-likeness (QED) is 0.458. The van der Waals surface area contributed by atoms with Gasteiger partial charge in [0, 0.05) is 3.92 Å². The smallest absolute Gasteiger partial charge is 0.0714 e. The summed E-state index contributed by atoms with van der Waals surface area (Å²) in [6.45, 7) is 4.91. The summed E-state index contributed by atoms with van der Waals surface area (Å²) in [7, 11) is 0. The molecule has 0 aromatic rings. The Bertz CT molecular complexity index is 455. The molecule has 0 aromatic carbocycles. The average Bonchev–Trinajstić information content (AvgIpc) is 2.72. The summed E-state index contributed by atoms with van der Waals surface area (Å²) >= 11 is 2.50. The maximum atomic E-state index is 10.7. The van der Waals surface area contributed by atoms with Crippen LogP contribution in [0.25, 0.3) is 0 Å². The van der Waals surface area contributed by atoms with Crippen molar-refractivity contribution in [2.24, 2.45) is 34.5 Å². The van der Waals surface area contributed by atoms with Gasteiger partial charge in [0.15, 0.2) is 0 Å². The van der Waals surface area contributed by atoms with E-state index in [1.54, 1.807) is 0 Å². The first kappa shape index (κ1) is 16.1. The van der Waals surface area contributed by atoms with E-state index in [9.17, 15) is 10.2 Å². The molecule has 22 heavy (non-hydrogen) atoms. The fourth-order valence-electron chi connectivity index (χ4n) is 7.18. The lowest BCUT2D eigenvalue weighted by Gasteiger charge is -2.60. The molecule has 4 fully saturated rings. The van der Waals surface area contributed by atoms with E-state index >= 15 is 0 Å². The molecule has 0 saturated heterocycles. The van der Waals surface area contributed by atoms with Crippen LogP contribution in [0.15, 0.2) is 0 Å². The number of alkyl halides is 1. The molecule has 4 rings (SSSR count). The Kier molecular flexibility index (Phi) is 3.90. The van der Waals surface area contributed by atoms with Gasteiger partial charge in [-0.1, -0.05) is 36.4 Å². The molecule has 0 heterocycles. The van der Waals surface area contributed by atoms with Crippen molar-refractivity contribution in [1.29, 1.82) is 0 Å². The Balaban J connectivity index is 1.63. The molecule has 9 atom stereocenters. The van der Waals surface area contributed by atoms with Gasteiger partial charge in [0.25, 0.3) is 0 Å². The van der Waals surface area contributed by atoms with Crippen LogP contribution in [-0.2, 0) is 0 Å². The van der Waals surface area contributed by atoms with Crippen molar-refractivity contribution in [1.82, 2.24) is 0 Å². The van der Waals surface area contributed by atoms with Gasteiger partial charge in [0.05, 0.1) is 12.2 Å². The van der Waals surface area contributed by atoms with E-state index in [1.807, 2.05) is 0 Å². The van der Waals surface area contributed by atoms with Crippen molar-refractivity contribution in [3.05, 3.63) is 0 Å². The van der Waals surface area contributed by atoms with Crippen molar-refractivity contribution in [2.45, 2.75) is 81.3 Å². The molecule has 4 aliphatic carbocycles. The minimum Gasteiger partial charge on any atom is -0.393 e. The lowest BCUT2D eigenvalue weighted by atomic mass is 9.45. The van der Waals surface area contributed by atoms with Crippen LogP contribution in [0.1, 0.15) is 65.2 Å². The van der Waals surface area contributed by atoms with Crippen LogP contribution in [0.3, 0.4) is 0 Å². The summed E-state index contributed by atoms with van der Waals surface area (Å²) in [5.41, 5.74) is 0.627. The number of hydrogen-bond donors (Lipinski definition) is 2. The fourth-order valence-corrected chi connectivity index (χ4v) is 8.55. The van der Waals surface area contributed by atoms with E-state index in [2.05, 4.69) is 36.4 Å². The average molecular weight is 418 g/mol. The second kappa shape index (κ2) is 5.32. The minimum absolute atomic E-state index is 0.0458. The third-order valence-electron chi connectivity index (χ3n) is 8.57. The lowest BCUT2D eigenvalue weighted by molar-refractivity contribution is -0.133. The van der Waals surface area contributed by atoms with Crippen molar-refractivity contribution in [2.75, 3.05) is 0 Å². The molecule has 0 spiro atoms. The van der Waals surface area contributed by atoms with Gasteiger partial charge in [0.1, 0.15) is 0 Å². The maximum Gasteiger partial charge on any atom is 0.0714 e. The third-order valence-corrected chi connectivity index (χ3v) is 9.76. The lowest BCUT2D eigenvalue weighted by Crippen LogP contribution is -2.54. The molecule has 5 unspecified atom stereocenters. The molecule has 2 N–H and O–H groups in total. The standard InChI is InChI=1S/C19H31IO2/c1-18-7-5-12(21)9-11(18)3-4-13-14(18)6-8-19(2)15(13)10-16(20)17(19)22/h11-17,21-22H,3-10H2,1-2H3/t11?,12-,13?,14?,15?,16+,17?,18-,19-/m0/s1. The van der Waals surface area contributed by atoms with Crippen molar-refractivity contribution in [3.8, 4) is 0 Å². The van der Waals surface area contributed by atoms with Crippen LogP contribution >= 0.6 is 22.6 Å². The molecule has 126 valence electrons. The second-order valence-corrected chi connectivity index (χ2v) is 10.9. The Morgan fingerprint density at radius 3 is 2.36 bits per heavy atom. The van der Waals surface area contributed by atoms with Crippen LogP contribution in [0, 0.1) is 34.5 Å². The molecule has 2 nitrogen and oxygen atoms in total. The summed E-state index contributed by atoms with van der Waals surface area (Å²) in [5, 5.41) is 20.8. The number of halogens is 1. The first-order valence-electron chi connectivity index (χ1n) is 9.36. The van der Waals surface area contributed by atoms with Crippen LogP contribution in [0.4, 0.5) is 0 Å². The Morgan fingerprint density at radius 1 is 0.864 bits per heavy atom. The van der Waals surface area contributed by atoms with Crippen LogP contribution in [0.2, 0.25) is 0 Å². The topological polar surface area (TPSA) is 40.5 Å². The van der Waals surface area contributed by atoms with Gasteiger partial charge < -0.3 is 10.2 Å². The van der Waals surface area contributed by atoms with Crippen LogP contribution < -0.4 is 0 Å². The SMILES string of the molecule is C[C@]12CC[C@H](O)CC1CCC1C2CC[C@@]2(C)C1C[C@@H](I)C2O. The Labute approximate surface area is 148 Å². The second-order valence-electron chi connectivity index (χ2n) is 9.33.